The molecule has 0 fully saturated rings. The first-order valence-electron chi connectivity index (χ1n) is 5.11. The van der Waals surface area contributed by atoms with Crippen molar-refractivity contribution in [3.63, 3.8) is 0 Å². The first kappa shape index (κ1) is 12.9. The van der Waals surface area contributed by atoms with Crippen LogP contribution >= 0.6 is 11.8 Å². The molecule has 88 valence electrons. The Morgan fingerprint density at radius 2 is 2.25 bits per heavy atom. The lowest BCUT2D eigenvalue weighted by atomic mass is 10.1. The monoisotopic (exact) mass is 240 g/mol. The van der Waals surface area contributed by atoms with Crippen LogP contribution < -0.4 is 4.74 Å². The van der Waals surface area contributed by atoms with E-state index in [0.717, 1.165) is 17.7 Å². The third-order valence-electron chi connectivity index (χ3n) is 2.12. The number of aromatic carboxylic acids is 1. The maximum Gasteiger partial charge on any atom is 0.339 e. The van der Waals surface area contributed by atoms with E-state index in [2.05, 4.69) is 0 Å². The lowest BCUT2D eigenvalue weighted by Gasteiger charge is -2.09. The van der Waals surface area contributed by atoms with Gasteiger partial charge in [0.2, 0.25) is 0 Å². The van der Waals surface area contributed by atoms with Gasteiger partial charge in [-0.2, -0.15) is 11.8 Å². The van der Waals surface area contributed by atoms with E-state index < -0.39 is 5.97 Å². The van der Waals surface area contributed by atoms with Crippen LogP contribution in [-0.4, -0.2) is 29.7 Å². The Morgan fingerprint density at radius 3 is 2.88 bits per heavy atom. The van der Waals surface area contributed by atoms with Gasteiger partial charge in [-0.15, -0.1) is 0 Å². The molecule has 0 amide bonds. The quantitative estimate of drug-likeness (QED) is 0.777. The summed E-state index contributed by atoms with van der Waals surface area (Å²) in [6.45, 7) is 2.42. The predicted octanol–water partition coefficient (Wildman–Crippen LogP) is 2.83. The number of hydrogen-bond donors (Lipinski definition) is 1. The van der Waals surface area contributed by atoms with Crippen LogP contribution in [0.1, 0.15) is 22.3 Å². The minimum absolute atomic E-state index is 0.240. The van der Waals surface area contributed by atoms with E-state index >= 15 is 0 Å². The fourth-order valence-electron chi connectivity index (χ4n) is 1.32. The van der Waals surface area contributed by atoms with Crippen LogP contribution in [0.15, 0.2) is 18.2 Å². The first-order valence-corrected chi connectivity index (χ1v) is 6.50. The summed E-state index contributed by atoms with van der Waals surface area (Å²) in [4.78, 5) is 11.0. The number of carboxylic acids is 1. The topological polar surface area (TPSA) is 46.5 Å². The fourth-order valence-corrected chi connectivity index (χ4v) is 1.73. The Labute approximate surface area is 99.8 Å². The average molecular weight is 240 g/mol. The zero-order chi connectivity index (χ0) is 12.0. The van der Waals surface area contributed by atoms with Crippen molar-refractivity contribution in [1.82, 2.24) is 0 Å². The van der Waals surface area contributed by atoms with Crippen LogP contribution in [0.5, 0.6) is 5.75 Å². The summed E-state index contributed by atoms with van der Waals surface area (Å²) in [5.41, 5.74) is 1.16. The minimum Gasteiger partial charge on any atom is -0.493 e. The van der Waals surface area contributed by atoms with Crippen LogP contribution in [0.3, 0.4) is 0 Å². The molecule has 0 heterocycles. The van der Waals surface area contributed by atoms with E-state index in [0.29, 0.717) is 12.4 Å². The smallest absolute Gasteiger partial charge is 0.339 e. The molecule has 0 aliphatic heterocycles. The highest BCUT2D eigenvalue weighted by Gasteiger charge is 2.10. The molecule has 1 N–H and O–H groups in total. The minimum atomic E-state index is -0.941. The predicted molar refractivity (Wildman–Crippen MR) is 66.6 cm³/mol. The number of carboxylic acid groups (broad SMARTS) is 1. The van der Waals surface area contributed by atoms with Crippen molar-refractivity contribution in [3.8, 4) is 5.75 Å². The zero-order valence-corrected chi connectivity index (χ0v) is 10.3. The molecule has 1 aromatic carbocycles. The summed E-state index contributed by atoms with van der Waals surface area (Å²) in [5.74, 6) is 0.539. The molecule has 4 heteroatoms. The van der Waals surface area contributed by atoms with Gasteiger partial charge in [0.15, 0.2) is 0 Å². The van der Waals surface area contributed by atoms with Gasteiger partial charge in [-0.3, -0.25) is 0 Å². The number of aryl methyl sites for hydroxylation is 1. The Hall–Kier alpha value is -1.16. The van der Waals surface area contributed by atoms with Crippen molar-refractivity contribution >= 4 is 17.7 Å². The van der Waals surface area contributed by atoms with Crippen molar-refractivity contribution in [3.05, 3.63) is 29.3 Å². The van der Waals surface area contributed by atoms with E-state index in [1.807, 2.05) is 19.2 Å². The van der Waals surface area contributed by atoms with Crippen molar-refractivity contribution in [2.75, 3.05) is 18.6 Å². The van der Waals surface area contributed by atoms with Gasteiger partial charge in [0.25, 0.3) is 0 Å². The van der Waals surface area contributed by atoms with E-state index in [-0.39, 0.29) is 5.56 Å². The van der Waals surface area contributed by atoms with Gasteiger partial charge in [-0.1, -0.05) is 11.6 Å². The molecule has 0 aliphatic rings. The molecule has 0 saturated carbocycles. The molecule has 0 aliphatic carbocycles. The molecule has 0 spiro atoms. The molecule has 0 atom stereocenters. The second kappa shape index (κ2) is 6.43. The molecule has 0 aromatic heterocycles. The highest BCUT2D eigenvalue weighted by Crippen LogP contribution is 2.20. The average Bonchev–Trinajstić information content (AvgIpc) is 2.26. The maximum atomic E-state index is 11.0. The van der Waals surface area contributed by atoms with Crippen molar-refractivity contribution in [2.45, 2.75) is 13.3 Å². The Bertz CT molecular complexity index is 363. The largest absolute Gasteiger partial charge is 0.493 e. The summed E-state index contributed by atoms with van der Waals surface area (Å²) >= 11 is 1.75. The SMILES string of the molecule is CSCCCOc1ccc(C)cc1C(=O)O. The molecule has 1 rings (SSSR count). The van der Waals surface area contributed by atoms with E-state index in [1.165, 1.54) is 0 Å². The fraction of sp³-hybridized carbons (Fsp3) is 0.417. The van der Waals surface area contributed by atoms with Gasteiger partial charge in [-0.05, 0) is 37.5 Å². The van der Waals surface area contributed by atoms with Crippen LogP contribution in [0.25, 0.3) is 0 Å². The van der Waals surface area contributed by atoms with Crippen molar-refractivity contribution in [1.29, 1.82) is 0 Å². The normalized spacial score (nSPS) is 10.1. The van der Waals surface area contributed by atoms with Crippen LogP contribution in [0, 0.1) is 6.92 Å². The lowest BCUT2D eigenvalue weighted by molar-refractivity contribution is 0.0692. The number of ether oxygens (including phenoxy) is 1. The molecule has 3 nitrogen and oxygen atoms in total. The molecule has 0 saturated heterocycles. The second-order valence-electron chi connectivity index (χ2n) is 3.50. The van der Waals surface area contributed by atoms with Gasteiger partial charge >= 0.3 is 5.97 Å². The Kier molecular flexibility index (Phi) is 5.19. The van der Waals surface area contributed by atoms with Gasteiger partial charge in [0.05, 0.1) is 6.61 Å². The number of thioether (sulfide) groups is 1. The van der Waals surface area contributed by atoms with Gasteiger partial charge < -0.3 is 9.84 Å². The molecular weight excluding hydrogens is 224 g/mol. The summed E-state index contributed by atoms with van der Waals surface area (Å²) in [6, 6.07) is 5.21. The zero-order valence-electron chi connectivity index (χ0n) is 9.53. The molecule has 16 heavy (non-hydrogen) atoms. The molecule has 0 unspecified atom stereocenters. The van der Waals surface area contributed by atoms with Crippen LogP contribution in [0.2, 0.25) is 0 Å². The molecule has 0 radical (unpaired) electrons. The third-order valence-corrected chi connectivity index (χ3v) is 2.81. The maximum absolute atomic E-state index is 11.0. The second-order valence-corrected chi connectivity index (χ2v) is 4.49. The van der Waals surface area contributed by atoms with E-state index in [9.17, 15) is 4.79 Å². The standard InChI is InChI=1S/C12H16O3S/c1-9-4-5-11(10(8-9)12(13)14)15-6-3-7-16-2/h4-5,8H,3,6-7H2,1-2H3,(H,13,14). The molecular formula is C12H16O3S. The first-order chi connectivity index (χ1) is 7.65. The number of carbonyl (C=O) groups is 1. The third kappa shape index (κ3) is 3.77. The van der Waals surface area contributed by atoms with Gasteiger partial charge in [-0.25, -0.2) is 4.79 Å². The lowest BCUT2D eigenvalue weighted by Crippen LogP contribution is -2.05. The summed E-state index contributed by atoms with van der Waals surface area (Å²) in [7, 11) is 0. The van der Waals surface area contributed by atoms with Gasteiger partial charge in [0.1, 0.15) is 11.3 Å². The number of hydrogen-bond acceptors (Lipinski definition) is 3. The summed E-state index contributed by atoms with van der Waals surface area (Å²) in [6.07, 6.45) is 2.96. The highest BCUT2D eigenvalue weighted by atomic mass is 32.2. The Morgan fingerprint density at radius 1 is 1.50 bits per heavy atom. The number of benzene rings is 1. The number of rotatable bonds is 6. The van der Waals surface area contributed by atoms with Crippen LogP contribution in [0.4, 0.5) is 0 Å². The summed E-state index contributed by atoms with van der Waals surface area (Å²) in [5, 5.41) is 9.01. The van der Waals surface area contributed by atoms with Crippen LogP contribution in [-0.2, 0) is 0 Å². The highest BCUT2D eigenvalue weighted by molar-refractivity contribution is 7.98. The summed E-state index contributed by atoms with van der Waals surface area (Å²) < 4.78 is 5.46. The van der Waals surface area contributed by atoms with E-state index in [1.54, 1.807) is 23.9 Å². The molecule has 1 aromatic rings. The van der Waals surface area contributed by atoms with Crippen molar-refractivity contribution < 1.29 is 14.6 Å². The van der Waals surface area contributed by atoms with Crippen molar-refractivity contribution in [2.24, 2.45) is 0 Å². The van der Waals surface area contributed by atoms with Gasteiger partial charge in [0, 0.05) is 0 Å². The molecule has 0 bridgehead atoms. The Balaban J connectivity index is 2.67. The van der Waals surface area contributed by atoms with E-state index in [4.69, 9.17) is 9.84 Å².